The van der Waals surface area contributed by atoms with E-state index in [9.17, 15) is 18.7 Å². The molecule has 21 heavy (non-hydrogen) atoms. The Morgan fingerprint density at radius 2 is 2.10 bits per heavy atom. The molecule has 1 aromatic carbocycles. The first-order valence-electron chi connectivity index (χ1n) is 6.81. The molecular weight excluding hydrogens is 278 g/mol. The van der Waals surface area contributed by atoms with Gasteiger partial charge in [-0.15, -0.1) is 0 Å². The van der Waals surface area contributed by atoms with Crippen LogP contribution >= 0.6 is 0 Å². The van der Waals surface area contributed by atoms with E-state index in [1.807, 2.05) is 0 Å². The summed E-state index contributed by atoms with van der Waals surface area (Å²) >= 11 is 0. The number of anilines is 1. The average Bonchev–Trinajstić information content (AvgIpc) is 2.46. The Labute approximate surface area is 121 Å². The molecule has 0 amide bonds. The highest BCUT2D eigenvalue weighted by Crippen LogP contribution is 2.37. The number of carboxylic acid groups (broad SMARTS) is 1. The van der Waals surface area contributed by atoms with Crippen LogP contribution in [0.1, 0.15) is 31.7 Å². The van der Waals surface area contributed by atoms with Crippen molar-refractivity contribution in [3.63, 3.8) is 0 Å². The summed E-state index contributed by atoms with van der Waals surface area (Å²) in [5.41, 5.74) is -1.32. The maximum absolute atomic E-state index is 14.1. The van der Waals surface area contributed by atoms with E-state index in [2.05, 4.69) is 0 Å². The van der Waals surface area contributed by atoms with Gasteiger partial charge in [0.2, 0.25) is 0 Å². The van der Waals surface area contributed by atoms with Crippen LogP contribution in [0.25, 0.3) is 0 Å². The van der Waals surface area contributed by atoms with Crippen molar-refractivity contribution in [3.8, 4) is 6.07 Å². The zero-order valence-electron chi connectivity index (χ0n) is 11.7. The molecule has 0 saturated carbocycles. The van der Waals surface area contributed by atoms with Crippen molar-refractivity contribution in [1.29, 1.82) is 5.26 Å². The van der Waals surface area contributed by atoms with Crippen molar-refractivity contribution in [2.45, 2.75) is 26.2 Å². The summed E-state index contributed by atoms with van der Waals surface area (Å²) in [7, 11) is 0. The smallest absolute Gasteiger partial charge is 0.311 e. The van der Waals surface area contributed by atoms with Gasteiger partial charge in [0.1, 0.15) is 5.69 Å². The van der Waals surface area contributed by atoms with Gasteiger partial charge in [-0.3, -0.25) is 4.79 Å². The van der Waals surface area contributed by atoms with Crippen LogP contribution in [0.4, 0.5) is 14.5 Å². The lowest BCUT2D eigenvalue weighted by Gasteiger charge is -2.40. The molecule has 0 aliphatic carbocycles. The van der Waals surface area contributed by atoms with Crippen LogP contribution in [-0.4, -0.2) is 24.2 Å². The zero-order chi connectivity index (χ0) is 15.6. The van der Waals surface area contributed by atoms with E-state index in [1.165, 1.54) is 4.90 Å². The SMILES string of the molecule is CCC1(C(=O)O)CCCN(c2c(F)cc(C#N)cc2F)C1. The van der Waals surface area contributed by atoms with Crippen LogP contribution in [0.3, 0.4) is 0 Å². The molecule has 0 spiro atoms. The van der Waals surface area contributed by atoms with Crippen molar-refractivity contribution < 1.29 is 18.7 Å². The molecule has 1 saturated heterocycles. The summed E-state index contributed by atoms with van der Waals surface area (Å²) in [5, 5.41) is 18.1. The minimum absolute atomic E-state index is 0.0680. The molecule has 1 aliphatic heterocycles. The third kappa shape index (κ3) is 2.68. The molecule has 0 radical (unpaired) electrons. The Bertz CT molecular complexity index is 589. The van der Waals surface area contributed by atoms with Gasteiger partial charge in [0.15, 0.2) is 11.6 Å². The number of halogens is 2. The summed E-state index contributed by atoms with van der Waals surface area (Å²) in [4.78, 5) is 12.9. The summed E-state index contributed by atoms with van der Waals surface area (Å²) in [6, 6.07) is 3.64. The summed E-state index contributed by atoms with van der Waals surface area (Å²) in [5.74, 6) is -2.60. The van der Waals surface area contributed by atoms with Gasteiger partial charge in [0.25, 0.3) is 0 Å². The molecule has 0 aromatic heterocycles. The Morgan fingerprint density at radius 3 is 2.57 bits per heavy atom. The second-order valence-corrected chi connectivity index (χ2v) is 5.36. The van der Waals surface area contributed by atoms with E-state index >= 15 is 0 Å². The molecule has 1 unspecified atom stereocenters. The van der Waals surface area contributed by atoms with Gasteiger partial charge in [-0.25, -0.2) is 8.78 Å². The van der Waals surface area contributed by atoms with Crippen LogP contribution in [0.2, 0.25) is 0 Å². The maximum Gasteiger partial charge on any atom is 0.311 e. The van der Waals surface area contributed by atoms with Gasteiger partial charge in [-0.2, -0.15) is 5.26 Å². The Morgan fingerprint density at radius 1 is 1.48 bits per heavy atom. The number of nitriles is 1. The molecule has 1 aliphatic rings. The lowest BCUT2D eigenvalue weighted by atomic mass is 9.77. The predicted octanol–water partition coefficient (Wildman–Crippen LogP) is 2.92. The number of carbonyl (C=O) groups is 1. The van der Waals surface area contributed by atoms with E-state index in [0.29, 0.717) is 25.8 Å². The third-order valence-electron chi connectivity index (χ3n) is 4.17. The van der Waals surface area contributed by atoms with Crippen molar-refractivity contribution in [2.75, 3.05) is 18.0 Å². The number of nitrogens with zero attached hydrogens (tertiary/aromatic N) is 2. The zero-order valence-corrected chi connectivity index (χ0v) is 11.7. The molecule has 1 aromatic rings. The number of hydrogen-bond donors (Lipinski definition) is 1. The highest BCUT2D eigenvalue weighted by atomic mass is 19.1. The number of hydrogen-bond acceptors (Lipinski definition) is 3. The quantitative estimate of drug-likeness (QED) is 0.931. The fourth-order valence-electron chi connectivity index (χ4n) is 2.87. The van der Waals surface area contributed by atoms with E-state index in [-0.39, 0.29) is 17.8 Å². The van der Waals surface area contributed by atoms with Crippen molar-refractivity contribution in [1.82, 2.24) is 0 Å². The van der Waals surface area contributed by atoms with Gasteiger partial charge in [-0.05, 0) is 31.4 Å². The predicted molar refractivity (Wildman–Crippen MR) is 72.9 cm³/mol. The van der Waals surface area contributed by atoms with E-state index in [1.54, 1.807) is 13.0 Å². The standard InChI is InChI=1S/C15H16F2N2O2/c1-2-15(14(20)21)4-3-5-19(9-15)13-11(16)6-10(8-18)7-12(13)17/h6-7H,2-5,9H2,1H3,(H,20,21). The number of piperidine rings is 1. The first-order valence-corrected chi connectivity index (χ1v) is 6.81. The number of carboxylic acids is 1. The highest BCUT2D eigenvalue weighted by Gasteiger charge is 2.41. The number of aliphatic carboxylic acids is 1. The summed E-state index contributed by atoms with van der Waals surface area (Å²) < 4.78 is 28.1. The van der Waals surface area contributed by atoms with E-state index in [4.69, 9.17) is 5.26 Å². The number of benzene rings is 1. The van der Waals surface area contributed by atoms with Gasteiger partial charge in [-0.1, -0.05) is 6.92 Å². The van der Waals surface area contributed by atoms with Crippen LogP contribution in [-0.2, 0) is 4.79 Å². The lowest BCUT2D eigenvalue weighted by molar-refractivity contribution is -0.149. The van der Waals surface area contributed by atoms with Gasteiger partial charge in [0, 0.05) is 13.1 Å². The first-order chi connectivity index (χ1) is 9.93. The van der Waals surface area contributed by atoms with Crippen molar-refractivity contribution in [2.24, 2.45) is 5.41 Å². The molecule has 0 bridgehead atoms. The van der Waals surface area contributed by atoms with Gasteiger partial charge in [0.05, 0.1) is 17.0 Å². The summed E-state index contributed by atoms with van der Waals surface area (Å²) in [6.07, 6.45) is 1.45. The molecule has 1 N–H and O–H groups in total. The van der Waals surface area contributed by atoms with Crippen LogP contribution in [0.15, 0.2) is 12.1 Å². The molecule has 4 nitrogen and oxygen atoms in total. The largest absolute Gasteiger partial charge is 0.481 e. The molecule has 1 fully saturated rings. The minimum atomic E-state index is -0.981. The molecule has 112 valence electrons. The Balaban J connectivity index is 2.39. The monoisotopic (exact) mass is 294 g/mol. The van der Waals surface area contributed by atoms with E-state index in [0.717, 1.165) is 12.1 Å². The van der Waals surface area contributed by atoms with Crippen molar-refractivity contribution >= 4 is 11.7 Å². The third-order valence-corrected chi connectivity index (χ3v) is 4.17. The van der Waals surface area contributed by atoms with Crippen LogP contribution in [0.5, 0.6) is 0 Å². The first kappa shape index (κ1) is 15.2. The summed E-state index contributed by atoms with van der Waals surface area (Å²) in [6.45, 7) is 2.23. The van der Waals surface area contributed by atoms with Gasteiger partial charge >= 0.3 is 5.97 Å². The lowest BCUT2D eigenvalue weighted by Crippen LogP contribution is -2.48. The van der Waals surface area contributed by atoms with E-state index < -0.39 is 23.0 Å². The second kappa shape index (κ2) is 5.68. The highest BCUT2D eigenvalue weighted by molar-refractivity contribution is 5.76. The fraction of sp³-hybridized carbons (Fsp3) is 0.467. The van der Waals surface area contributed by atoms with Crippen LogP contribution in [0, 0.1) is 28.4 Å². The van der Waals surface area contributed by atoms with Gasteiger partial charge < -0.3 is 10.0 Å². The normalized spacial score (nSPS) is 21.9. The minimum Gasteiger partial charge on any atom is -0.481 e. The second-order valence-electron chi connectivity index (χ2n) is 5.36. The van der Waals surface area contributed by atoms with Crippen LogP contribution < -0.4 is 4.90 Å². The van der Waals surface area contributed by atoms with Crippen molar-refractivity contribution in [3.05, 3.63) is 29.3 Å². The molecular formula is C15H16F2N2O2. The molecule has 1 heterocycles. The maximum atomic E-state index is 14.1. The topological polar surface area (TPSA) is 64.3 Å². The molecule has 2 rings (SSSR count). The molecule has 1 atom stereocenters. The Kier molecular flexibility index (Phi) is 4.12. The number of rotatable bonds is 3. The molecule has 6 heteroatoms. The Hall–Kier alpha value is -2.16. The average molecular weight is 294 g/mol. The fourth-order valence-corrected chi connectivity index (χ4v) is 2.87.